The van der Waals surface area contributed by atoms with Crippen molar-refractivity contribution < 1.29 is 9.18 Å². The van der Waals surface area contributed by atoms with E-state index in [2.05, 4.69) is 15.3 Å². The smallest absolute Gasteiger partial charge is 0.333 e. The van der Waals surface area contributed by atoms with E-state index >= 15 is 0 Å². The lowest BCUT2D eigenvalue weighted by Crippen LogP contribution is -2.46. The Kier molecular flexibility index (Phi) is 7.53. The molecule has 1 saturated carbocycles. The predicted molar refractivity (Wildman–Crippen MR) is 153 cm³/mol. The molecule has 39 heavy (non-hydrogen) atoms. The molecule has 0 atom stereocenters. The second kappa shape index (κ2) is 11.2. The molecule has 0 radical (unpaired) electrons. The number of thiazole rings is 1. The SMILES string of the molecule is O=C(CCc1nc2ccccc2s1)N[C@H]1CC[C@@H](n2c(=O)c3cc(F)cnc3n(C3CCSCC3)c2=O)CC1. The first-order valence-corrected chi connectivity index (χ1v) is 15.5. The average molecular weight is 568 g/mol. The van der Waals surface area contributed by atoms with Crippen LogP contribution >= 0.6 is 23.1 Å². The van der Waals surface area contributed by atoms with Gasteiger partial charge in [0.2, 0.25) is 5.91 Å². The van der Waals surface area contributed by atoms with Crippen LogP contribution < -0.4 is 16.6 Å². The monoisotopic (exact) mass is 567 g/mol. The minimum absolute atomic E-state index is 0.00279. The fourth-order valence-corrected chi connectivity index (χ4v) is 7.87. The highest BCUT2D eigenvalue weighted by Crippen LogP contribution is 2.30. The van der Waals surface area contributed by atoms with Crippen molar-refractivity contribution in [1.29, 1.82) is 0 Å². The van der Waals surface area contributed by atoms with Crippen LogP contribution in [-0.4, -0.2) is 42.6 Å². The fraction of sp³-hybridized carbons (Fsp3) is 0.464. The molecular formula is C28H30FN5O3S2. The van der Waals surface area contributed by atoms with E-state index in [4.69, 9.17) is 0 Å². The van der Waals surface area contributed by atoms with Crippen LogP contribution in [-0.2, 0) is 11.2 Å². The van der Waals surface area contributed by atoms with E-state index < -0.39 is 11.4 Å². The van der Waals surface area contributed by atoms with Gasteiger partial charge in [0.25, 0.3) is 5.56 Å². The third-order valence-corrected chi connectivity index (χ3v) is 9.95. The standard InChI is InChI=1S/C28H30FN5O3S2/c29-17-15-21-26(30-16-17)33(20-11-13-38-14-12-20)28(37)34(27(21)36)19-7-5-18(6-8-19)31-24(35)9-10-25-32-22-3-1-2-4-23(22)39-25/h1-4,15-16,18-20H,5-14H2,(H,31,35)/t18-,19+. The Morgan fingerprint density at radius 1 is 1.03 bits per heavy atom. The van der Waals surface area contributed by atoms with Crippen LogP contribution in [0.3, 0.4) is 0 Å². The zero-order chi connectivity index (χ0) is 26.9. The Morgan fingerprint density at radius 2 is 1.77 bits per heavy atom. The average Bonchev–Trinajstić information content (AvgIpc) is 3.37. The van der Waals surface area contributed by atoms with Gasteiger partial charge in [-0.25, -0.2) is 19.2 Å². The maximum atomic E-state index is 14.1. The number of carbonyl (C=O) groups is 1. The van der Waals surface area contributed by atoms with Crippen LogP contribution in [0.15, 0.2) is 46.1 Å². The number of benzene rings is 1. The molecule has 11 heteroatoms. The molecule has 6 rings (SSSR count). The van der Waals surface area contributed by atoms with Crippen LogP contribution in [0.25, 0.3) is 21.3 Å². The normalized spacial score (nSPS) is 20.4. The molecule has 4 aromatic rings. The quantitative estimate of drug-likeness (QED) is 0.366. The molecule has 1 N–H and O–H groups in total. The molecule has 1 aromatic carbocycles. The summed E-state index contributed by atoms with van der Waals surface area (Å²) in [6.07, 6.45) is 6.18. The van der Waals surface area contributed by atoms with Gasteiger partial charge in [-0.15, -0.1) is 11.3 Å². The number of fused-ring (bicyclic) bond motifs is 2. The van der Waals surface area contributed by atoms with Crippen molar-refractivity contribution in [3.8, 4) is 0 Å². The Hall–Kier alpha value is -3.05. The number of carbonyl (C=O) groups excluding carboxylic acids is 1. The van der Waals surface area contributed by atoms with Gasteiger partial charge in [-0.1, -0.05) is 12.1 Å². The summed E-state index contributed by atoms with van der Waals surface area (Å²) in [7, 11) is 0. The summed E-state index contributed by atoms with van der Waals surface area (Å²) in [5, 5.41) is 4.23. The summed E-state index contributed by atoms with van der Waals surface area (Å²) in [4.78, 5) is 48.6. The number of rotatable bonds is 6. The lowest BCUT2D eigenvalue weighted by atomic mass is 9.90. The largest absolute Gasteiger partial charge is 0.353 e. The number of nitrogens with zero attached hydrogens (tertiary/aromatic N) is 4. The highest BCUT2D eigenvalue weighted by Gasteiger charge is 2.29. The van der Waals surface area contributed by atoms with E-state index in [1.54, 1.807) is 15.9 Å². The second-order valence-corrected chi connectivity index (χ2v) is 12.7. The predicted octanol–water partition coefficient (Wildman–Crippen LogP) is 4.61. The minimum atomic E-state index is -0.590. The number of pyridine rings is 1. The zero-order valence-corrected chi connectivity index (χ0v) is 23.1. The van der Waals surface area contributed by atoms with E-state index in [0.29, 0.717) is 38.5 Å². The second-order valence-electron chi connectivity index (χ2n) is 10.3. The Bertz CT molecular complexity index is 1600. The van der Waals surface area contributed by atoms with Gasteiger partial charge in [-0.2, -0.15) is 11.8 Å². The molecular weight excluding hydrogens is 537 g/mol. The molecule has 1 amide bonds. The minimum Gasteiger partial charge on any atom is -0.353 e. The molecule has 0 spiro atoms. The lowest BCUT2D eigenvalue weighted by molar-refractivity contribution is -0.122. The van der Waals surface area contributed by atoms with Crippen LogP contribution in [0.4, 0.5) is 4.39 Å². The first-order chi connectivity index (χ1) is 19.0. The lowest BCUT2D eigenvalue weighted by Gasteiger charge is -2.31. The number of hydrogen-bond donors (Lipinski definition) is 1. The van der Waals surface area contributed by atoms with E-state index in [1.165, 1.54) is 10.6 Å². The van der Waals surface area contributed by atoms with Gasteiger partial charge < -0.3 is 5.32 Å². The fourth-order valence-electron chi connectivity index (χ4n) is 5.82. The maximum Gasteiger partial charge on any atom is 0.333 e. The third kappa shape index (κ3) is 5.38. The first-order valence-electron chi connectivity index (χ1n) is 13.5. The van der Waals surface area contributed by atoms with E-state index in [1.807, 2.05) is 36.0 Å². The van der Waals surface area contributed by atoms with Gasteiger partial charge in [0.1, 0.15) is 11.5 Å². The molecule has 0 bridgehead atoms. The summed E-state index contributed by atoms with van der Waals surface area (Å²) in [6.45, 7) is 0. The Balaban J connectivity index is 1.15. The Labute approximate surface area is 232 Å². The number of thioether (sulfide) groups is 1. The van der Waals surface area contributed by atoms with Gasteiger partial charge in [-0.05, 0) is 68.2 Å². The van der Waals surface area contributed by atoms with Crippen LogP contribution in [0.1, 0.15) is 62.0 Å². The Morgan fingerprint density at radius 3 is 2.54 bits per heavy atom. The third-order valence-electron chi connectivity index (χ3n) is 7.81. The van der Waals surface area contributed by atoms with Crippen LogP contribution in [0.5, 0.6) is 0 Å². The number of para-hydroxylation sites is 1. The molecule has 3 aromatic heterocycles. The van der Waals surface area contributed by atoms with Crippen LogP contribution in [0, 0.1) is 5.82 Å². The summed E-state index contributed by atoms with van der Waals surface area (Å²) in [6, 6.07) is 8.80. The number of halogens is 1. The highest BCUT2D eigenvalue weighted by atomic mass is 32.2. The number of hydrogen-bond acceptors (Lipinski definition) is 7. The summed E-state index contributed by atoms with van der Waals surface area (Å²) >= 11 is 3.46. The molecule has 8 nitrogen and oxygen atoms in total. The van der Waals surface area contributed by atoms with Gasteiger partial charge in [-0.3, -0.25) is 18.7 Å². The topological polar surface area (TPSA) is 98.9 Å². The van der Waals surface area contributed by atoms with Crippen LogP contribution in [0.2, 0.25) is 0 Å². The van der Waals surface area contributed by atoms with Crippen molar-refractivity contribution in [2.24, 2.45) is 0 Å². The summed E-state index contributed by atoms with van der Waals surface area (Å²) < 4.78 is 18.2. The first kappa shape index (κ1) is 26.2. The highest BCUT2D eigenvalue weighted by molar-refractivity contribution is 7.99. The number of amides is 1. The van der Waals surface area contributed by atoms with Gasteiger partial charge in [0.05, 0.1) is 26.8 Å². The van der Waals surface area contributed by atoms with E-state index in [0.717, 1.165) is 45.8 Å². The number of aromatic nitrogens is 4. The van der Waals surface area contributed by atoms with E-state index in [9.17, 15) is 18.8 Å². The van der Waals surface area contributed by atoms with Gasteiger partial charge in [0.15, 0.2) is 0 Å². The molecule has 0 unspecified atom stereocenters. The van der Waals surface area contributed by atoms with E-state index in [-0.39, 0.29) is 40.8 Å². The van der Waals surface area contributed by atoms with Crippen molar-refractivity contribution in [3.63, 3.8) is 0 Å². The summed E-state index contributed by atoms with van der Waals surface area (Å²) in [5.74, 6) is 1.26. The van der Waals surface area contributed by atoms with Crippen molar-refractivity contribution >= 4 is 50.3 Å². The molecule has 2 fully saturated rings. The van der Waals surface area contributed by atoms with Gasteiger partial charge >= 0.3 is 5.69 Å². The number of aryl methyl sites for hydroxylation is 1. The van der Waals surface area contributed by atoms with Gasteiger partial charge in [0, 0.05) is 31.0 Å². The van der Waals surface area contributed by atoms with Crippen molar-refractivity contribution in [2.75, 3.05) is 11.5 Å². The molecule has 1 saturated heterocycles. The molecule has 204 valence electrons. The molecule has 1 aliphatic heterocycles. The van der Waals surface area contributed by atoms with Crippen molar-refractivity contribution in [3.05, 3.63) is 68.2 Å². The molecule has 1 aliphatic carbocycles. The van der Waals surface area contributed by atoms with Crippen molar-refractivity contribution in [2.45, 2.75) is 69.5 Å². The van der Waals surface area contributed by atoms with Crippen molar-refractivity contribution in [1.82, 2.24) is 24.4 Å². The molecule has 2 aliphatic rings. The zero-order valence-electron chi connectivity index (χ0n) is 21.5. The summed E-state index contributed by atoms with van der Waals surface area (Å²) in [5.41, 5.74) is 0.396. The molecule has 4 heterocycles. The number of nitrogens with one attached hydrogen (secondary N) is 1. The maximum absolute atomic E-state index is 14.1.